The Hall–Kier alpha value is -0.930. The molecule has 1 atom stereocenters. The standard InChI is InChI=1S/C15H14Cl3NO/c1-19-15(10-4-3-5-11(16)14(10)18)9-6-7-13(20-2)12(17)8-9/h3-8,15,19H,1-2H3. The van der Waals surface area contributed by atoms with Gasteiger partial charge in [-0.2, -0.15) is 0 Å². The molecule has 0 amide bonds. The molecule has 0 fully saturated rings. The Morgan fingerprint density at radius 3 is 2.40 bits per heavy atom. The van der Waals surface area contributed by atoms with E-state index in [1.54, 1.807) is 13.2 Å². The van der Waals surface area contributed by atoms with E-state index in [4.69, 9.17) is 39.5 Å². The largest absolute Gasteiger partial charge is 0.495 e. The summed E-state index contributed by atoms with van der Waals surface area (Å²) < 4.78 is 5.16. The van der Waals surface area contributed by atoms with E-state index in [2.05, 4.69) is 5.32 Å². The Balaban J connectivity index is 2.47. The summed E-state index contributed by atoms with van der Waals surface area (Å²) in [7, 11) is 3.45. The van der Waals surface area contributed by atoms with E-state index < -0.39 is 0 Å². The first-order valence-electron chi connectivity index (χ1n) is 6.03. The molecule has 0 bridgehead atoms. The van der Waals surface area contributed by atoms with Crippen molar-refractivity contribution < 1.29 is 4.74 Å². The van der Waals surface area contributed by atoms with Crippen molar-refractivity contribution in [3.8, 4) is 5.75 Å². The van der Waals surface area contributed by atoms with Crippen LogP contribution in [-0.4, -0.2) is 14.2 Å². The fourth-order valence-electron chi connectivity index (χ4n) is 2.11. The number of benzene rings is 2. The number of ether oxygens (including phenoxy) is 1. The van der Waals surface area contributed by atoms with Crippen LogP contribution in [0.2, 0.25) is 15.1 Å². The summed E-state index contributed by atoms with van der Waals surface area (Å²) in [6.45, 7) is 0. The molecular weight excluding hydrogens is 317 g/mol. The van der Waals surface area contributed by atoms with Crippen molar-refractivity contribution in [1.29, 1.82) is 0 Å². The van der Waals surface area contributed by atoms with Crippen LogP contribution in [0, 0.1) is 0 Å². The molecule has 20 heavy (non-hydrogen) atoms. The highest BCUT2D eigenvalue weighted by atomic mass is 35.5. The smallest absolute Gasteiger partial charge is 0.137 e. The predicted molar refractivity (Wildman–Crippen MR) is 85.4 cm³/mol. The van der Waals surface area contributed by atoms with Gasteiger partial charge in [-0.1, -0.05) is 53.0 Å². The van der Waals surface area contributed by atoms with Crippen molar-refractivity contribution in [1.82, 2.24) is 5.32 Å². The Morgan fingerprint density at radius 2 is 1.80 bits per heavy atom. The van der Waals surface area contributed by atoms with Gasteiger partial charge < -0.3 is 10.1 Å². The van der Waals surface area contributed by atoms with Gasteiger partial charge in [0.1, 0.15) is 5.75 Å². The topological polar surface area (TPSA) is 21.3 Å². The fourth-order valence-corrected chi connectivity index (χ4v) is 2.79. The van der Waals surface area contributed by atoms with Crippen molar-refractivity contribution in [3.63, 3.8) is 0 Å². The van der Waals surface area contributed by atoms with Crippen molar-refractivity contribution >= 4 is 34.8 Å². The van der Waals surface area contributed by atoms with Crippen LogP contribution in [0.15, 0.2) is 36.4 Å². The summed E-state index contributed by atoms with van der Waals surface area (Å²) in [5.74, 6) is 0.641. The molecule has 2 aromatic carbocycles. The van der Waals surface area contributed by atoms with Crippen LogP contribution >= 0.6 is 34.8 Å². The number of rotatable bonds is 4. The Bertz CT molecular complexity index is 616. The lowest BCUT2D eigenvalue weighted by molar-refractivity contribution is 0.414. The molecule has 0 heterocycles. The van der Waals surface area contributed by atoms with E-state index in [0.29, 0.717) is 20.8 Å². The van der Waals surface area contributed by atoms with E-state index >= 15 is 0 Å². The van der Waals surface area contributed by atoms with Gasteiger partial charge in [-0.3, -0.25) is 0 Å². The molecule has 2 aromatic rings. The zero-order chi connectivity index (χ0) is 14.7. The minimum atomic E-state index is -0.0930. The van der Waals surface area contributed by atoms with Crippen LogP contribution in [0.1, 0.15) is 17.2 Å². The zero-order valence-corrected chi connectivity index (χ0v) is 13.4. The van der Waals surface area contributed by atoms with Gasteiger partial charge in [-0.05, 0) is 36.4 Å². The van der Waals surface area contributed by atoms with Crippen LogP contribution in [0.4, 0.5) is 0 Å². The summed E-state index contributed by atoms with van der Waals surface area (Å²) in [6, 6.07) is 11.1. The van der Waals surface area contributed by atoms with Crippen molar-refractivity contribution in [2.75, 3.05) is 14.2 Å². The second-order valence-electron chi connectivity index (χ2n) is 4.26. The number of methoxy groups -OCH3 is 1. The molecule has 0 aromatic heterocycles. The summed E-state index contributed by atoms with van der Waals surface area (Å²) >= 11 is 18.5. The highest BCUT2D eigenvalue weighted by Gasteiger charge is 2.17. The third kappa shape index (κ3) is 3.04. The second-order valence-corrected chi connectivity index (χ2v) is 5.45. The van der Waals surface area contributed by atoms with Crippen LogP contribution in [0.3, 0.4) is 0 Å². The second kappa shape index (κ2) is 6.68. The maximum Gasteiger partial charge on any atom is 0.137 e. The molecule has 1 unspecified atom stereocenters. The van der Waals surface area contributed by atoms with Crippen molar-refractivity contribution in [2.24, 2.45) is 0 Å². The molecule has 5 heteroatoms. The maximum atomic E-state index is 6.29. The molecular formula is C15H14Cl3NO. The number of nitrogens with one attached hydrogen (secondary N) is 1. The first-order chi connectivity index (χ1) is 9.58. The van der Waals surface area contributed by atoms with Gasteiger partial charge in [0.05, 0.1) is 28.2 Å². The molecule has 1 N–H and O–H groups in total. The van der Waals surface area contributed by atoms with Gasteiger partial charge in [0.25, 0.3) is 0 Å². The number of halogens is 3. The molecule has 0 aliphatic carbocycles. The minimum absolute atomic E-state index is 0.0930. The van der Waals surface area contributed by atoms with Gasteiger partial charge in [0, 0.05) is 0 Å². The lowest BCUT2D eigenvalue weighted by Gasteiger charge is -2.20. The van der Waals surface area contributed by atoms with Crippen LogP contribution in [0.5, 0.6) is 5.75 Å². The molecule has 0 aliphatic rings. The first-order valence-corrected chi connectivity index (χ1v) is 7.16. The monoisotopic (exact) mass is 329 g/mol. The van der Waals surface area contributed by atoms with Gasteiger partial charge in [0.15, 0.2) is 0 Å². The summed E-state index contributed by atoms with van der Waals surface area (Å²) in [6.07, 6.45) is 0. The third-order valence-corrected chi connectivity index (χ3v) is 4.22. The highest BCUT2D eigenvalue weighted by molar-refractivity contribution is 6.42. The Kier molecular flexibility index (Phi) is 5.17. The third-order valence-electron chi connectivity index (χ3n) is 3.09. The predicted octanol–water partition coefficient (Wildman–Crippen LogP) is 4.96. The molecule has 0 spiro atoms. The molecule has 0 aliphatic heterocycles. The first kappa shape index (κ1) is 15.5. The van der Waals surface area contributed by atoms with Crippen LogP contribution < -0.4 is 10.1 Å². The Labute approximate surface area is 133 Å². The van der Waals surface area contributed by atoms with Crippen LogP contribution in [-0.2, 0) is 0 Å². The summed E-state index contributed by atoms with van der Waals surface area (Å²) in [4.78, 5) is 0. The molecule has 2 nitrogen and oxygen atoms in total. The molecule has 106 valence electrons. The lowest BCUT2D eigenvalue weighted by Crippen LogP contribution is -2.18. The van der Waals surface area contributed by atoms with Gasteiger partial charge in [-0.15, -0.1) is 0 Å². The number of hydrogen-bond donors (Lipinski definition) is 1. The zero-order valence-electron chi connectivity index (χ0n) is 11.1. The molecule has 0 saturated heterocycles. The van der Waals surface area contributed by atoms with E-state index in [1.165, 1.54) is 0 Å². The average molecular weight is 331 g/mol. The van der Waals surface area contributed by atoms with Gasteiger partial charge in [-0.25, -0.2) is 0 Å². The molecule has 2 rings (SSSR count). The quantitative estimate of drug-likeness (QED) is 0.855. The lowest BCUT2D eigenvalue weighted by atomic mass is 9.98. The normalized spacial score (nSPS) is 12.2. The van der Waals surface area contributed by atoms with Crippen molar-refractivity contribution in [3.05, 3.63) is 62.6 Å². The van der Waals surface area contributed by atoms with Gasteiger partial charge >= 0.3 is 0 Å². The minimum Gasteiger partial charge on any atom is -0.495 e. The number of hydrogen-bond acceptors (Lipinski definition) is 2. The van der Waals surface area contributed by atoms with Crippen LogP contribution in [0.25, 0.3) is 0 Å². The van der Waals surface area contributed by atoms with E-state index in [-0.39, 0.29) is 6.04 Å². The maximum absolute atomic E-state index is 6.29. The van der Waals surface area contributed by atoms with Gasteiger partial charge in [0.2, 0.25) is 0 Å². The molecule has 0 radical (unpaired) electrons. The summed E-state index contributed by atoms with van der Waals surface area (Å²) in [5, 5.41) is 4.86. The van der Waals surface area contributed by atoms with E-state index in [0.717, 1.165) is 11.1 Å². The SMILES string of the molecule is CNC(c1ccc(OC)c(Cl)c1)c1cccc(Cl)c1Cl. The molecule has 0 saturated carbocycles. The van der Waals surface area contributed by atoms with E-state index in [9.17, 15) is 0 Å². The van der Waals surface area contributed by atoms with E-state index in [1.807, 2.05) is 37.4 Å². The van der Waals surface area contributed by atoms with Crippen molar-refractivity contribution in [2.45, 2.75) is 6.04 Å². The average Bonchev–Trinajstić information content (AvgIpc) is 2.44. The fraction of sp³-hybridized carbons (Fsp3) is 0.200. The highest BCUT2D eigenvalue weighted by Crippen LogP contribution is 2.35. The Morgan fingerprint density at radius 1 is 1.05 bits per heavy atom. The summed E-state index contributed by atoms with van der Waals surface area (Å²) in [5.41, 5.74) is 1.89.